The van der Waals surface area contributed by atoms with E-state index < -0.39 is 0 Å². The normalized spacial score (nSPS) is 10.3. The molecule has 2 aromatic rings. The van der Waals surface area contributed by atoms with Gasteiger partial charge < -0.3 is 4.74 Å². The molecule has 0 atom stereocenters. The Morgan fingerprint density at radius 2 is 2.28 bits per heavy atom. The highest BCUT2D eigenvalue weighted by Gasteiger charge is 2.13. The molecule has 94 valence electrons. The van der Waals surface area contributed by atoms with Crippen LogP contribution in [0.25, 0.3) is 0 Å². The van der Waals surface area contributed by atoms with Gasteiger partial charge in [0.25, 0.3) is 0 Å². The zero-order valence-electron chi connectivity index (χ0n) is 10.5. The maximum atomic E-state index is 12.2. The molecule has 2 rings (SSSR count). The summed E-state index contributed by atoms with van der Waals surface area (Å²) in [6.07, 6.45) is 5.65. The van der Waals surface area contributed by atoms with E-state index in [2.05, 4.69) is 10.1 Å². The first-order valence-corrected chi connectivity index (χ1v) is 5.83. The van der Waals surface area contributed by atoms with Crippen molar-refractivity contribution in [3.05, 3.63) is 42.0 Å². The van der Waals surface area contributed by atoms with Crippen LogP contribution in [0.15, 0.2) is 30.7 Å². The third kappa shape index (κ3) is 2.56. The number of ketones is 1. The third-order valence-electron chi connectivity index (χ3n) is 2.50. The van der Waals surface area contributed by atoms with E-state index in [-0.39, 0.29) is 5.78 Å². The average molecular weight is 245 g/mol. The zero-order valence-corrected chi connectivity index (χ0v) is 10.5. The number of carbonyl (C=O) groups excluding carboxylic acids is 1. The Morgan fingerprint density at radius 1 is 1.44 bits per heavy atom. The fourth-order valence-corrected chi connectivity index (χ4v) is 1.59. The molecule has 5 nitrogen and oxygen atoms in total. The van der Waals surface area contributed by atoms with Crippen molar-refractivity contribution in [1.29, 1.82) is 0 Å². The molecule has 0 unspecified atom stereocenters. The molecule has 0 aliphatic carbocycles. The van der Waals surface area contributed by atoms with E-state index in [0.29, 0.717) is 23.6 Å². The van der Waals surface area contributed by atoms with Gasteiger partial charge in [0, 0.05) is 25.0 Å². The molecule has 18 heavy (non-hydrogen) atoms. The summed E-state index contributed by atoms with van der Waals surface area (Å²) in [6.45, 7) is 2.64. The minimum Gasteiger partial charge on any atom is -0.492 e. The van der Waals surface area contributed by atoms with Crippen molar-refractivity contribution in [2.75, 3.05) is 6.61 Å². The summed E-state index contributed by atoms with van der Waals surface area (Å²) < 4.78 is 7.00. The SMILES string of the molecule is CCCOc1cncc(C(=O)c2ccnn2C)c1. The Labute approximate surface area is 105 Å². The molecule has 0 spiro atoms. The highest BCUT2D eigenvalue weighted by Crippen LogP contribution is 2.14. The molecule has 0 saturated carbocycles. The quantitative estimate of drug-likeness (QED) is 0.754. The van der Waals surface area contributed by atoms with Gasteiger partial charge in [-0.3, -0.25) is 14.5 Å². The predicted molar refractivity (Wildman–Crippen MR) is 66.7 cm³/mol. The van der Waals surface area contributed by atoms with E-state index in [9.17, 15) is 4.79 Å². The number of rotatable bonds is 5. The van der Waals surface area contributed by atoms with E-state index in [1.54, 1.807) is 36.3 Å². The first-order chi connectivity index (χ1) is 8.72. The van der Waals surface area contributed by atoms with Gasteiger partial charge in [0.05, 0.1) is 12.8 Å². The average Bonchev–Trinajstić information content (AvgIpc) is 2.82. The molecule has 0 amide bonds. The van der Waals surface area contributed by atoms with Gasteiger partial charge in [-0.05, 0) is 18.6 Å². The Balaban J connectivity index is 2.23. The molecule has 2 aromatic heterocycles. The van der Waals surface area contributed by atoms with Crippen molar-refractivity contribution < 1.29 is 9.53 Å². The van der Waals surface area contributed by atoms with Crippen LogP contribution in [0.5, 0.6) is 5.75 Å². The minimum atomic E-state index is -0.107. The number of hydrogen-bond acceptors (Lipinski definition) is 4. The Kier molecular flexibility index (Phi) is 3.72. The maximum Gasteiger partial charge on any atom is 0.212 e. The summed E-state index contributed by atoms with van der Waals surface area (Å²) in [6, 6.07) is 3.39. The van der Waals surface area contributed by atoms with E-state index >= 15 is 0 Å². The smallest absolute Gasteiger partial charge is 0.212 e. The number of ether oxygens (including phenoxy) is 1. The summed E-state index contributed by atoms with van der Waals surface area (Å²) in [7, 11) is 1.73. The first kappa shape index (κ1) is 12.3. The summed E-state index contributed by atoms with van der Waals surface area (Å²) in [5.74, 6) is 0.509. The standard InChI is InChI=1S/C13H15N3O2/c1-3-6-18-11-7-10(8-14-9-11)13(17)12-4-5-15-16(12)2/h4-5,7-9H,3,6H2,1-2H3. The highest BCUT2D eigenvalue weighted by atomic mass is 16.5. The fraction of sp³-hybridized carbons (Fsp3) is 0.308. The van der Waals surface area contributed by atoms with Gasteiger partial charge in [-0.15, -0.1) is 0 Å². The second-order valence-corrected chi connectivity index (χ2v) is 3.93. The number of nitrogens with zero attached hydrogens (tertiary/aromatic N) is 3. The summed E-state index contributed by atoms with van der Waals surface area (Å²) in [4.78, 5) is 16.2. The van der Waals surface area contributed by atoms with Crippen LogP contribution >= 0.6 is 0 Å². The third-order valence-corrected chi connectivity index (χ3v) is 2.50. The Hall–Kier alpha value is -2.17. The highest BCUT2D eigenvalue weighted by molar-refractivity contribution is 6.07. The van der Waals surface area contributed by atoms with Crippen LogP contribution in [-0.4, -0.2) is 27.2 Å². The topological polar surface area (TPSA) is 57.0 Å². The van der Waals surface area contributed by atoms with Crippen LogP contribution in [0.2, 0.25) is 0 Å². The largest absolute Gasteiger partial charge is 0.492 e. The molecule has 0 saturated heterocycles. The van der Waals surface area contributed by atoms with E-state index in [4.69, 9.17) is 4.74 Å². The Morgan fingerprint density at radius 3 is 2.94 bits per heavy atom. The van der Waals surface area contributed by atoms with Crippen molar-refractivity contribution >= 4 is 5.78 Å². The number of pyridine rings is 1. The predicted octanol–water partition coefficient (Wildman–Crippen LogP) is 1.83. The van der Waals surface area contributed by atoms with Gasteiger partial charge in [0.1, 0.15) is 11.4 Å². The van der Waals surface area contributed by atoms with Crippen LogP contribution in [0.4, 0.5) is 0 Å². The number of aryl methyl sites for hydroxylation is 1. The molecule has 2 heterocycles. The molecule has 0 fully saturated rings. The van der Waals surface area contributed by atoms with Gasteiger partial charge in [0.2, 0.25) is 5.78 Å². The molecule has 0 bridgehead atoms. The fourth-order valence-electron chi connectivity index (χ4n) is 1.59. The van der Waals surface area contributed by atoms with Crippen LogP contribution in [0, 0.1) is 0 Å². The molecule has 5 heteroatoms. The lowest BCUT2D eigenvalue weighted by Crippen LogP contribution is -2.09. The monoisotopic (exact) mass is 245 g/mol. The lowest BCUT2D eigenvalue weighted by molar-refractivity contribution is 0.102. The van der Waals surface area contributed by atoms with Gasteiger partial charge in [-0.2, -0.15) is 5.10 Å². The number of hydrogen-bond donors (Lipinski definition) is 0. The van der Waals surface area contributed by atoms with Crippen LogP contribution in [0.3, 0.4) is 0 Å². The van der Waals surface area contributed by atoms with E-state index in [0.717, 1.165) is 6.42 Å². The van der Waals surface area contributed by atoms with Crippen molar-refractivity contribution in [3.63, 3.8) is 0 Å². The Bertz CT molecular complexity index is 549. The van der Waals surface area contributed by atoms with Crippen LogP contribution < -0.4 is 4.74 Å². The van der Waals surface area contributed by atoms with Gasteiger partial charge in [-0.25, -0.2) is 0 Å². The lowest BCUT2D eigenvalue weighted by Gasteiger charge is -2.06. The minimum absolute atomic E-state index is 0.107. The number of aromatic nitrogens is 3. The molecule has 0 aliphatic rings. The second kappa shape index (κ2) is 5.44. The van der Waals surface area contributed by atoms with Crippen molar-refractivity contribution in [1.82, 2.24) is 14.8 Å². The molecular weight excluding hydrogens is 230 g/mol. The first-order valence-electron chi connectivity index (χ1n) is 5.83. The maximum absolute atomic E-state index is 12.2. The van der Waals surface area contributed by atoms with Gasteiger partial charge in [-0.1, -0.05) is 6.92 Å². The molecule has 0 N–H and O–H groups in total. The summed E-state index contributed by atoms with van der Waals surface area (Å²) in [5, 5.41) is 3.98. The summed E-state index contributed by atoms with van der Waals surface area (Å²) in [5.41, 5.74) is 1.04. The summed E-state index contributed by atoms with van der Waals surface area (Å²) >= 11 is 0. The van der Waals surface area contributed by atoms with Crippen molar-refractivity contribution in [2.24, 2.45) is 7.05 Å². The van der Waals surface area contributed by atoms with Gasteiger partial charge in [0.15, 0.2) is 0 Å². The second-order valence-electron chi connectivity index (χ2n) is 3.93. The molecule has 0 aromatic carbocycles. The zero-order chi connectivity index (χ0) is 13.0. The van der Waals surface area contributed by atoms with Gasteiger partial charge >= 0.3 is 0 Å². The molecule has 0 aliphatic heterocycles. The van der Waals surface area contributed by atoms with E-state index in [1.165, 1.54) is 6.20 Å². The molecular formula is C13H15N3O2. The lowest BCUT2D eigenvalue weighted by atomic mass is 10.1. The molecule has 0 radical (unpaired) electrons. The van der Waals surface area contributed by atoms with E-state index in [1.807, 2.05) is 6.92 Å². The van der Waals surface area contributed by atoms with Crippen molar-refractivity contribution in [3.8, 4) is 5.75 Å². The van der Waals surface area contributed by atoms with Crippen LogP contribution in [-0.2, 0) is 7.05 Å². The number of carbonyl (C=O) groups is 1. The van der Waals surface area contributed by atoms with Crippen LogP contribution in [0.1, 0.15) is 29.4 Å². The van der Waals surface area contributed by atoms with Crippen molar-refractivity contribution in [2.45, 2.75) is 13.3 Å².